The number of nitrogens with zero attached hydrogens (tertiary/aromatic N) is 6. The third-order valence-corrected chi connectivity index (χ3v) is 2.70. The summed E-state index contributed by atoms with van der Waals surface area (Å²) >= 11 is 1.20. The first-order valence-corrected chi connectivity index (χ1v) is 6.27. The van der Waals surface area contributed by atoms with Crippen LogP contribution in [0.25, 0.3) is 5.69 Å². The minimum Gasteiger partial charge on any atom is -0.271 e. The predicted molar refractivity (Wildman–Crippen MR) is 68.5 cm³/mol. The Morgan fingerprint density at radius 3 is 3.05 bits per heavy atom. The molecule has 0 atom stereocenters. The van der Waals surface area contributed by atoms with E-state index < -0.39 is 5.82 Å². The molecule has 0 bridgehead atoms. The monoisotopic (exact) mass is 277 g/mol. The van der Waals surface area contributed by atoms with Crippen molar-refractivity contribution < 1.29 is 4.39 Å². The van der Waals surface area contributed by atoms with Crippen LogP contribution in [0, 0.1) is 17.3 Å². The van der Waals surface area contributed by atoms with Crippen LogP contribution < -0.4 is 5.32 Å². The number of nitriles is 1. The third kappa shape index (κ3) is 3.05. The zero-order valence-corrected chi connectivity index (χ0v) is 10.6. The van der Waals surface area contributed by atoms with E-state index in [2.05, 4.69) is 25.8 Å². The SMILES string of the molecule is CSC(=Nc1cc(-n2cnnn2)ccc1F)NC#N. The van der Waals surface area contributed by atoms with E-state index in [1.165, 1.54) is 41.0 Å². The lowest BCUT2D eigenvalue weighted by Gasteiger charge is -2.04. The van der Waals surface area contributed by atoms with Crippen LogP contribution in [0.2, 0.25) is 0 Å². The largest absolute Gasteiger partial charge is 0.271 e. The number of aromatic nitrogens is 4. The number of thioether (sulfide) groups is 1. The molecule has 1 N–H and O–H groups in total. The molecule has 0 saturated heterocycles. The molecule has 7 nitrogen and oxygen atoms in total. The number of amidine groups is 1. The van der Waals surface area contributed by atoms with Crippen molar-refractivity contribution in [1.82, 2.24) is 25.5 Å². The summed E-state index contributed by atoms with van der Waals surface area (Å²) in [4.78, 5) is 4.03. The smallest absolute Gasteiger partial charge is 0.183 e. The Morgan fingerprint density at radius 2 is 2.42 bits per heavy atom. The Labute approximate surface area is 112 Å². The molecule has 0 spiro atoms. The lowest BCUT2D eigenvalue weighted by atomic mass is 10.2. The number of benzene rings is 1. The average Bonchev–Trinajstić information content (AvgIpc) is 2.94. The van der Waals surface area contributed by atoms with Crippen LogP contribution in [0.5, 0.6) is 0 Å². The molecule has 2 aromatic rings. The minimum atomic E-state index is -0.497. The fourth-order valence-corrected chi connectivity index (χ4v) is 1.63. The van der Waals surface area contributed by atoms with Gasteiger partial charge >= 0.3 is 0 Å². The van der Waals surface area contributed by atoms with Gasteiger partial charge in [0, 0.05) is 0 Å². The molecular weight excluding hydrogens is 269 g/mol. The topological polar surface area (TPSA) is 91.8 Å². The van der Waals surface area contributed by atoms with Crippen molar-refractivity contribution in [3.8, 4) is 11.9 Å². The highest BCUT2D eigenvalue weighted by Gasteiger charge is 2.06. The Bertz CT molecular complexity index is 632. The van der Waals surface area contributed by atoms with Gasteiger partial charge in [0.1, 0.15) is 17.8 Å². The zero-order chi connectivity index (χ0) is 13.7. The third-order valence-electron chi connectivity index (χ3n) is 2.12. The standard InChI is InChI=1S/C10H8FN7S/c1-19-10(13-5-12)15-9-4-7(2-3-8(9)11)18-6-14-16-17-18/h2-4,6H,1H3,(H,13,15). The summed E-state index contributed by atoms with van der Waals surface area (Å²) < 4.78 is 15.0. The van der Waals surface area contributed by atoms with Gasteiger partial charge in [0.25, 0.3) is 0 Å². The van der Waals surface area contributed by atoms with Crippen LogP contribution in [-0.4, -0.2) is 31.6 Å². The minimum absolute atomic E-state index is 0.0973. The second-order valence-corrected chi connectivity index (χ2v) is 4.04. The molecule has 96 valence electrons. The van der Waals surface area contributed by atoms with Crippen LogP contribution in [0.1, 0.15) is 0 Å². The second-order valence-electron chi connectivity index (χ2n) is 3.25. The maximum atomic E-state index is 13.7. The van der Waals surface area contributed by atoms with Crippen LogP contribution in [0.15, 0.2) is 29.5 Å². The molecule has 2 rings (SSSR count). The maximum absolute atomic E-state index is 13.7. The predicted octanol–water partition coefficient (Wildman–Crippen LogP) is 1.22. The Hall–Kier alpha value is -2.47. The van der Waals surface area contributed by atoms with Gasteiger partial charge in [-0.05, 0) is 34.9 Å². The molecule has 9 heteroatoms. The van der Waals surface area contributed by atoms with Crippen LogP contribution in [0.3, 0.4) is 0 Å². The first kappa shape index (κ1) is 13.0. The summed E-state index contributed by atoms with van der Waals surface area (Å²) in [5, 5.41) is 21.9. The summed E-state index contributed by atoms with van der Waals surface area (Å²) in [6.45, 7) is 0. The van der Waals surface area contributed by atoms with E-state index in [9.17, 15) is 4.39 Å². The van der Waals surface area contributed by atoms with Crippen molar-refractivity contribution >= 4 is 22.6 Å². The number of aliphatic imine (C=N–C) groups is 1. The van der Waals surface area contributed by atoms with Crippen molar-refractivity contribution in [2.75, 3.05) is 6.26 Å². The molecule has 1 heterocycles. The molecule has 0 aliphatic carbocycles. The van der Waals surface area contributed by atoms with Gasteiger partial charge in [0.05, 0.1) is 5.69 Å². The van der Waals surface area contributed by atoms with Crippen molar-refractivity contribution in [2.24, 2.45) is 4.99 Å². The van der Waals surface area contributed by atoms with Gasteiger partial charge in [-0.25, -0.2) is 14.1 Å². The highest BCUT2D eigenvalue weighted by atomic mass is 32.2. The van der Waals surface area contributed by atoms with E-state index in [0.29, 0.717) is 10.9 Å². The fourth-order valence-electron chi connectivity index (χ4n) is 1.29. The van der Waals surface area contributed by atoms with Crippen molar-refractivity contribution in [3.05, 3.63) is 30.3 Å². The molecule has 0 aliphatic heterocycles. The Balaban J connectivity index is 2.40. The molecule has 1 aromatic carbocycles. The van der Waals surface area contributed by atoms with Gasteiger partial charge in [-0.2, -0.15) is 5.26 Å². The zero-order valence-electron chi connectivity index (χ0n) is 9.78. The van der Waals surface area contributed by atoms with E-state index >= 15 is 0 Å². The average molecular weight is 277 g/mol. The number of hydrogen-bond donors (Lipinski definition) is 1. The van der Waals surface area contributed by atoms with Crippen LogP contribution in [0.4, 0.5) is 10.1 Å². The van der Waals surface area contributed by atoms with Gasteiger partial charge in [-0.3, -0.25) is 5.32 Å². The lowest BCUT2D eigenvalue weighted by Crippen LogP contribution is -2.12. The van der Waals surface area contributed by atoms with E-state index in [1.807, 2.05) is 0 Å². The van der Waals surface area contributed by atoms with Crippen LogP contribution >= 0.6 is 11.8 Å². The molecule has 0 saturated carbocycles. The number of halogens is 1. The molecule has 1 aromatic heterocycles. The molecule has 0 unspecified atom stereocenters. The van der Waals surface area contributed by atoms with E-state index in [4.69, 9.17) is 5.26 Å². The molecule has 0 radical (unpaired) electrons. The number of rotatable bonds is 2. The van der Waals surface area contributed by atoms with Gasteiger partial charge in [-0.15, -0.1) is 5.10 Å². The second kappa shape index (κ2) is 5.92. The van der Waals surface area contributed by atoms with E-state index in [-0.39, 0.29) is 5.69 Å². The fraction of sp³-hybridized carbons (Fsp3) is 0.100. The lowest BCUT2D eigenvalue weighted by molar-refractivity contribution is 0.629. The van der Waals surface area contributed by atoms with Crippen molar-refractivity contribution in [3.63, 3.8) is 0 Å². The Morgan fingerprint density at radius 1 is 1.58 bits per heavy atom. The summed E-state index contributed by atoms with van der Waals surface area (Å²) in [7, 11) is 0. The van der Waals surface area contributed by atoms with E-state index in [0.717, 1.165) is 0 Å². The molecule has 19 heavy (non-hydrogen) atoms. The maximum Gasteiger partial charge on any atom is 0.183 e. The number of tetrazole rings is 1. The summed E-state index contributed by atoms with van der Waals surface area (Å²) in [5.41, 5.74) is 0.669. The van der Waals surface area contributed by atoms with Crippen LogP contribution in [-0.2, 0) is 0 Å². The first-order valence-electron chi connectivity index (χ1n) is 5.05. The summed E-state index contributed by atoms with van der Waals surface area (Å²) in [6, 6.07) is 4.28. The first-order chi connectivity index (χ1) is 9.24. The Kier molecular flexibility index (Phi) is 4.04. The number of nitrogens with one attached hydrogen (secondary N) is 1. The molecule has 0 fully saturated rings. The molecule has 0 aliphatic rings. The van der Waals surface area contributed by atoms with Gasteiger partial charge in [-0.1, -0.05) is 11.8 Å². The summed E-state index contributed by atoms with van der Waals surface area (Å²) in [5.74, 6) is -0.497. The van der Waals surface area contributed by atoms with Gasteiger partial charge < -0.3 is 0 Å². The normalized spacial score (nSPS) is 11.1. The highest BCUT2D eigenvalue weighted by molar-refractivity contribution is 8.13. The van der Waals surface area contributed by atoms with Gasteiger partial charge in [0.15, 0.2) is 11.4 Å². The van der Waals surface area contributed by atoms with Crippen molar-refractivity contribution in [1.29, 1.82) is 5.26 Å². The number of hydrogen-bond acceptors (Lipinski definition) is 6. The highest BCUT2D eigenvalue weighted by Crippen LogP contribution is 2.22. The van der Waals surface area contributed by atoms with E-state index in [1.54, 1.807) is 12.4 Å². The quantitative estimate of drug-likeness (QED) is 0.384. The van der Waals surface area contributed by atoms with Gasteiger partial charge in [0.2, 0.25) is 0 Å². The summed E-state index contributed by atoms with van der Waals surface area (Å²) in [6.07, 6.45) is 4.86. The molecule has 0 amide bonds. The molecular formula is C10H8FN7S. The van der Waals surface area contributed by atoms with Crippen molar-refractivity contribution in [2.45, 2.75) is 0 Å².